The second-order valence-electron chi connectivity index (χ2n) is 3.71. The van der Waals surface area contributed by atoms with Crippen molar-refractivity contribution in [3.63, 3.8) is 0 Å². The zero-order chi connectivity index (χ0) is 11.3. The van der Waals surface area contributed by atoms with Crippen molar-refractivity contribution in [1.82, 2.24) is 5.32 Å². The van der Waals surface area contributed by atoms with Crippen LogP contribution in [0.2, 0.25) is 0 Å². The van der Waals surface area contributed by atoms with Crippen molar-refractivity contribution in [1.29, 1.82) is 0 Å². The van der Waals surface area contributed by atoms with Crippen LogP contribution < -0.4 is 11.1 Å². The molecule has 0 spiro atoms. The molecule has 0 aromatic heterocycles. The van der Waals surface area contributed by atoms with Crippen molar-refractivity contribution in [3.8, 4) is 0 Å². The van der Waals surface area contributed by atoms with E-state index in [4.69, 9.17) is 15.2 Å². The summed E-state index contributed by atoms with van der Waals surface area (Å²) in [5.41, 5.74) is 4.51. The van der Waals surface area contributed by atoms with Crippen LogP contribution in [-0.4, -0.2) is 44.3 Å². The Bertz CT molecular complexity index is 250. The molecule has 0 atom stereocenters. The van der Waals surface area contributed by atoms with Crippen molar-refractivity contribution in [3.05, 3.63) is 0 Å². The smallest absolute Gasteiger partial charge is 0.222 e. The molecule has 0 bridgehead atoms. The van der Waals surface area contributed by atoms with Gasteiger partial charge in [-0.2, -0.15) is 0 Å². The molecule has 0 saturated carbocycles. The summed E-state index contributed by atoms with van der Waals surface area (Å²) in [6, 6.07) is 0. The highest BCUT2D eigenvalue weighted by molar-refractivity contribution is 5.80. The lowest BCUT2D eigenvalue weighted by atomic mass is 9.92. The average molecular weight is 216 g/mol. The molecule has 1 aliphatic rings. The van der Waals surface area contributed by atoms with Crippen LogP contribution in [0.4, 0.5) is 0 Å². The monoisotopic (exact) mass is 216 g/mol. The van der Waals surface area contributed by atoms with Gasteiger partial charge in [0.1, 0.15) is 0 Å². The molecule has 0 unspecified atom stereocenters. The van der Waals surface area contributed by atoms with Crippen LogP contribution in [-0.2, 0) is 19.1 Å². The fourth-order valence-electron chi connectivity index (χ4n) is 1.45. The van der Waals surface area contributed by atoms with E-state index in [2.05, 4.69) is 5.32 Å². The highest BCUT2D eigenvalue weighted by atomic mass is 16.5. The maximum absolute atomic E-state index is 11.4. The van der Waals surface area contributed by atoms with Gasteiger partial charge >= 0.3 is 0 Å². The van der Waals surface area contributed by atoms with E-state index in [1.54, 1.807) is 0 Å². The second-order valence-corrected chi connectivity index (χ2v) is 3.71. The SMILES string of the molecule is COCCC(=O)NC1(CC(N)=O)COC1. The molecule has 3 N–H and O–H groups in total. The minimum absolute atomic E-state index is 0.117. The van der Waals surface area contributed by atoms with E-state index in [0.29, 0.717) is 19.8 Å². The number of hydrogen-bond acceptors (Lipinski definition) is 4. The molecule has 1 aliphatic heterocycles. The summed E-state index contributed by atoms with van der Waals surface area (Å²) >= 11 is 0. The van der Waals surface area contributed by atoms with E-state index >= 15 is 0 Å². The molecule has 1 fully saturated rings. The predicted octanol–water partition coefficient (Wildman–Crippen LogP) is -1.22. The molecule has 1 heterocycles. The third kappa shape index (κ3) is 3.49. The van der Waals surface area contributed by atoms with Gasteiger partial charge in [0.15, 0.2) is 0 Å². The number of ether oxygens (including phenoxy) is 2. The van der Waals surface area contributed by atoms with Gasteiger partial charge in [0, 0.05) is 13.5 Å². The summed E-state index contributed by atoms with van der Waals surface area (Å²) in [7, 11) is 1.53. The normalized spacial score (nSPS) is 17.9. The Morgan fingerprint density at radius 2 is 2.20 bits per heavy atom. The number of amides is 2. The third-order valence-electron chi connectivity index (χ3n) is 2.21. The Balaban J connectivity index is 2.38. The minimum Gasteiger partial charge on any atom is -0.384 e. The van der Waals surface area contributed by atoms with E-state index in [-0.39, 0.29) is 18.7 Å². The van der Waals surface area contributed by atoms with E-state index in [0.717, 1.165) is 0 Å². The number of nitrogens with one attached hydrogen (secondary N) is 1. The molecule has 15 heavy (non-hydrogen) atoms. The number of rotatable bonds is 6. The molecular weight excluding hydrogens is 200 g/mol. The quantitative estimate of drug-likeness (QED) is 0.582. The maximum atomic E-state index is 11.4. The van der Waals surface area contributed by atoms with E-state index in [9.17, 15) is 9.59 Å². The zero-order valence-corrected chi connectivity index (χ0v) is 8.75. The number of carbonyl (C=O) groups excluding carboxylic acids is 2. The first-order valence-electron chi connectivity index (χ1n) is 4.74. The van der Waals surface area contributed by atoms with Gasteiger partial charge in [-0.05, 0) is 0 Å². The average Bonchev–Trinajstić information content (AvgIpc) is 2.10. The molecule has 6 nitrogen and oxygen atoms in total. The molecule has 6 heteroatoms. The summed E-state index contributed by atoms with van der Waals surface area (Å²) < 4.78 is 9.77. The van der Waals surface area contributed by atoms with Gasteiger partial charge in [-0.1, -0.05) is 0 Å². The fraction of sp³-hybridized carbons (Fsp3) is 0.778. The highest BCUT2D eigenvalue weighted by Crippen LogP contribution is 2.20. The molecule has 2 amide bonds. The Kier molecular flexibility index (Phi) is 4.05. The Labute approximate surface area is 88.1 Å². The lowest BCUT2D eigenvalue weighted by Gasteiger charge is -2.41. The lowest BCUT2D eigenvalue weighted by molar-refractivity contribution is -0.138. The maximum Gasteiger partial charge on any atom is 0.222 e. The molecule has 0 aliphatic carbocycles. The summed E-state index contributed by atoms with van der Waals surface area (Å²) in [5, 5.41) is 2.75. The van der Waals surface area contributed by atoms with Crippen LogP contribution in [0, 0.1) is 0 Å². The van der Waals surface area contributed by atoms with Crippen molar-refractivity contribution in [2.24, 2.45) is 5.73 Å². The Hall–Kier alpha value is -1.14. The predicted molar refractivity (Wildman–Crippen MR) is 52.0 cm³/mol. The molecular formula is C9H16N2O4. The fourth-order valence-corrected chi connectivity index (χ4v) is 1.45. The van der Waals surface area contributed by atoms with E-state index in [1.165, 1.54) is 7.11 Å². The number of primary amides is 1. The van der Waals surface area contributed by atoms with Gasteiger partial charge in [-0.15, -0.1) is 0 Å². The summed E-state index contributed by atoms with van der Waals surface area (Å²) in [6.07, 6.45) is 0.392. The molecule has 0 aromatic rings. The van der Waals surface area contributed by atoms with Crippen LogP contribution in [0.15, 0.2) is 0 Å². The van der Waals surface area contributed by atoms with Gasteiger partial charge in [-0.3, -0.25) is 9.59 Å². The standard InChI is InChI=1S/C9H16N2O4/c1-14-3-2-8(13)11-9(4-7(10)12)5-15-6-9/h2-6H2,1H3,(H2,10,12)(H,11,13). The Morgan fingerprint density at radius 3 is 2.60 bits per heavy atom. The summed E-state index contributed by atoms with van der Waals surface area (Å²) in [6.45, 7) is 1.04. The summed E-state index contributed by atoms with van der Waals surface area (Å²) in [4.78, 5) is 22.2. The zero-order valence-electron chi connectivity index (χ0n) is 8.75. The third-order valence-corrected chi connectivity index (χ3v) is 2.21. The lowest BCUT2D eigenvalue weighted by Crippen LogP contribution is -2.63. The first-order valence-corrected chi connectivity index (χ1v) is 4.74. The second kappa shape index (κ2) is 5.09. The van der Waals surface area contributed by atoms with E-state index in [1.807, 2.05) is 0 Å². The van der Waals surface area contributed by atoms with Crippen LogP contribution in [0.5, 0.6) is 0 Å². The molecule has 86 valence electrons. The number of hydrogen-bond donors (Lipinski definition) is 2. The number of methoxy groups -OCH3 is 1. The summed E-state index contributed by atoms with van der Waals surface area (Å²) in [5.74, 6) is -0.591. The number of nitrogens with two attached hydrogens (primary N) is 1. The molecule has 1 saturated heterocycles. The minimum atomic E-state index is -0.587. The van der Waals surface area contributed by atoms with Crippen molar-refractivity contribution >= 4 is 11.8 Å². The van der Waals surface area contributed by atoms with Crippen LogP contribution in [0.3, 0.4) is 0 Å². The first-order chi connectivity index (χ1) is 7.08. The van der Waals surface area contributed by atoms with Gasteiger partial charge in [0.25, 0.3) is 0 Å². The van der Waals surface area contributed by atoms with Crippen LogP contribution in [0.1, 0.15) is 12.8 Å². The van der Waals surface area contributed by atoms with Crippen LogP contribution in [0.25, 0.3) is 0 Å². The van der Waals surface area contributed by atoms with Gasteiger partial charge in [0.05, 0.1) is 31.8 Å². The van der Waals surface area contributed by atoms with E-state index < -0.39 is 11.4 Å². The first kappa shape index (κ1) is 11.9. The van der Waals surface area contributed by atoms with Crippen LogP contribution >= 0.6 is 0 Å². The molecule has 0 aromatic carbocycles. The van der Waals surface area contributed by atoms with Crippen molar-refractivity contribution in [2.45, 2.75) is 18.4 Å². The van der Waals surface area contributed by atoms with Gasteiger partial charge in [0.2, 0.25) is 11.8 Å². The van der Waals surface area contributed by atoms with Crippen molar-refractivity contribution in [2.75, 3.05) is 26.9 Å². The largest absolute Gasteiger partial charge is 0.384 e. The highest BCUT2D eigenvalue weighted by Gasteiger charge is 2.41. The molecule has 0 radical (unpaired) electrons. The number of carbonyl (C=O) groups is 2. The molecule has 1 rings (SSSR count). The van der Waals surface area contributed by atoms with Gasteiger partial charge < -0.3 is 20.5 Å². The van der Waals surface area contributed by atoms with Crippen molar-refractivity contribution < 1.29 is 19.1 Å². The topological polar surface area (TPSA) is 90.6 Å². The van der Waals surface area contributed by atoms with Gasteiger partial charge in [-0.25, -0.2) is 0 Å². The Morgan fingerprint density at radius 1 is 1.53 bits per heavy atom.